The Morgan fingerprint density at radius 2 is 1.95 bits per heavy atom. The van der Waals surface area contributed by atoms with E-state index in [4.69, 9.17) is 5.73 Å². The van der Waals surface area contributed by atoms with E-state index in [2.05, 4.69) is 70.0 Å². The first-order valence-electron chi connectivity index (χ1n) is 6.99. The number of guanidine groups is 1. The van der Waals surface area contributed by atoms with Gasteiger partial charge in [0.2, 0.25) is 0 Å². The van der Waals surface area contributed by atoms with Gasteiger partial charge in [0.1, 0.15) is 0 Å². The van der Waals surface area contributed by atoms with Crippen LogP contribution in [0.5, 0.6) is 0 Å². The van der Waals surface area contributed by atoms with Gasteiger partial charge in [-0.25, -0.2) is 0 Å². The second-order valence-electron chi connectivity index (χ2n) is 5.35. The number of nitrogens with zero attached hydrogens (tertiary/aromatic N) is 2. The molecule has 0 saturated heterocycles. The molecule has 1 aliphatic heterocycles. The summed E-state index contributed by atoms with van der Waals surface area (Å²) in [6, 6.07) is 14.8. The molecule has 2 aromatic rings. The van der Waals surface area contributed by atoms with Crippen LogP contribution in [-0.4, -0.2) is 12.5 Å². The molecule has 108 valence electrons. The second kappa shape index (κ2) is 5.53. The van der Waals surface area contributed by atoms with Crippen LogP contribution in [0, 0.1) is 13.8 Å². The molecule has 0 saturated carbocycles. The standard InChI is InChI=1S/C17H18BrN3/c1-11-5-3-8-15(12(11)2)16-10-20-17(19)21(16)14-7-4-6-13(18)9-14/h3-9,16H,10H2,1-2H3,(H2,19,20). The molecular weight excluding hydrogens is 326 g/mol. The Balaban J connectivity index is 2.05. The summed E-state index contributed by atoms with van der Waals surface area (Å²) in [6.07, 6.45) is 0. The van der Waals surface area contributed by atoms with Gasteiger partial charge < -0.3 is 10.6 Å². The summed E-state index contributed by atoms with van der Waals surface area (Å²) in [5.74, 6) is 0.582. The molecule has 0 aromatic heterocycles. The lowest BCUT2D eigenvalue weighted by molar-refractivity contribution is 0.761. The normalized spacial score (nSPS) is 18.0. The van der Waals surface area contributed by atoms with Crippen LogP contribution in [0.2, 0.25) is 0 Å². The maximum absolute atomic E-state index is 6.14. The quantitative estimate of drug-likeness (QED) is 0.897. The molecule has 2 N–H and O–H groups in total. The lowest BCUT2D eigenvalue weighted by Gasteiger charge is -2.28. The van der Waals surface area contributed by atoms with Crippen molar-refractivity contribution in [1.29, 1.82) is 0 Å². The van der Waals surface area contributed by atoms with Crippen LogP contribution in [0.3, 0.4) is 0 Å². The molecule has 3 rings (SSSR count). The fourth-order valence-corrected chi connectivity index (χ4v) is 3.20. The van der Waals surface area contributed by atoms with E-state index in [0.29, 0.717) is 12.5 Å². The molecule has 0 radical (unpaired) electrons. The first-order chi connectivity index (χ1) is 10.1. The lowest BCUT2D eigenvalue weighted by atomic mass is 9.96. The van der Waals surface area contributed by atoms with E-state index in [1.54, 1.807) is 0 Å². The third-order valence-electron chi connectivity index (χ3n) is 4.08. The average Bonchev–Trinajstić information content (AvgIpc) is 2.83. The Kier molecular flexibility index (Phi) is 3.72. The fraction of sp³-hybridized carbons (Fsp3) is 0.235. The lowest BCUT2D eigenvalue weighted by Crippen LogP contribution is -2.36. The zero-order valence-electron chi connectivity index (χ0n) is 12.2. The van der Waals surface area contributed by atoms with Crippen LogP contribution in [0.4, 0.5) is 5.69 Å². The van der Waals surface area contributed by atoms with Crippen LogP contribution in [0.1, 0.15) is 22.7 Å². The number of benzene rings is 2. The summed E-state index contributed by atoms with van der Waals surface area (Å²) in [5, 5.41) is 0. The van der Waals surface area contributed by atoms with Gasteiger partial charge in [-0.1, -0.05) is 40.2 Å². The number of nitrogens with two attached hydrogens (primary N) is 1. The van der Waals surface area contributed by atoms with E-state index in [1.165, 1.54) is 16.7 Å². The molecule has 0 spiro atoms. The number of aryl methyl sites for hydroxylation is 1. The molecule has 1 aliphatic rings. The average molecular weight is 344 g/mol. The molecule has 1 heterocycles. The first kappa shape index (κ1) is 14.1. The van der Waals surface area contributed by atoms with E-state index in [-0.39, 0.29) is 6.04 Å². The molecule has 0 bridgehead atoms. The Morgan fingerprint density at radius 3 is 2.71 bits per heavy atom. The highest BCUT2D eigenvalue weighted by molar-refractivity contribution is 9.10. The van der Waals surface area contributed by atoms with Crippen LogP contribution < -0.4 is 10.6 Å². The molecule has 1 atom stereocenters. The van der Waals surface area contributed by atoms with Crippen LogP contribution in [-0.2, 0) is 0 Å². The fourth-order valence-electron chi connectivity index (χ4n) is 2.81. The Bertz CT molecular complexity index is 709. The van der Waals surface area contributed by atoms with Crippen molar-refractivity contribution in [1.82, 2.24) is 0 Å². The number of rotatable bonds is 2. The number of anilines is 1. The molecule has 0 amide bonds. The topological polar surface area (TPSA) is 41.6 Å². The van der Waals surface area contributed by atoms with Gasteiger partial charge >= 0.3 is 0 Å². The zero-order chi connectivity index (χ0) is 15.0. The minimum atomic E-state index is 0.166. The number of aliphatic imine (C=N–C) groups is 1. The van der Waals surface area contributed by atoms with E-state index in [0.717, 1.165) is 10.2 Å². The van der Waals surface area contributed by atoms with E-state index in [1.807, 2.05) is 12.1 Å². The van der Waals surface area contributed by atoms with E-state index in [9.17, 15) is 0 Å². The van der Waals surface area contributed by atoms with Crippen molar-refractivity contribution in [2.75, 3.05) is 11.4 Å². The minimum Gasteiger partial charge on any atom is -0.369 e. The van der Waals surface area contributed by atoms with Crippen molar-refractivity contribution in [2.24, 2.45) is 10.7 Å². The first-order valence-corrected chi connectivity index (χ1v) is 7.78. The van der Waals surface area contributed by atoms with Crippen LogP contribution in [0.25, 0.3) is 0 Å². The largest absolute Gasteiger partial charge is 0.369 e. The highest BCUT2D eigenvalue weighted by Gasteiger charge is 2.30. The second-order valence-corrected chi connectivity index (χ2v) is 6.27. The predicted molar refractivity (Wildman–Crippen MR) is 91.8 cm³/mol. The summed E-state index contributed by atoms with van der Waals surface area (Å²) in [5.41, 5.74) is 11.1. The molecule has 1 unspecified atom stereocenters. The van der Waals surface area contributed by atoms with Crippen molar-refractivity contribution in [3.8, 4) is 0 Å². The van der Waals surface area contributed by atoms with Gasteiger partial charge in [-0.15, -0.1) is 0 Å². The van der Waals surface area contributed by atoms with E-state index >= 15 is 0 Å². The van der Waals surface area contributed by atoms with Gasteiger partial charge in [-0.3, -0.25) is 4.99 Å². The third-order valence-corrected chi connectivity index (χ3v) is 4.57. The summed E-state index contributed by atoms with van der Waals surface area (Å²) < 4.78 is 1.04. The molecule has 2 aromatic carbocycles. The van der Waals surface area contributed by atoms with Crippen LogP contribution in [0.15, 0.2) is 51.9 Å². The molecular formula is C17H18BrN3. The summed E-state index contributed by atoms with van der Waals surface area (Å²) in [7, 11) is 0. The Hall–Kier alpha value is -1.81. The maximum atomic E-state index is 6.14. The van der Waals surface area contributed by atoms with Gasteiger partial charge in [-0.05, 0) is 48.7 Å². The predicted octanol–water partition coefficient (Wildman–Crippen LogP) is 3.94. The van der Waals surface area contributed by atoms with Crippen LogP contribution >= 0.6 is 15.9 Å². The number of hydrogen-bond donors (Lipinski definition) is 1. The highest BCUT2D eigenvalue weighted by atomic mass is 79.9. The van der Waals surface area contributed by atoms with Gasteiger partial charge in [0.25, 0.3) is 0 Å². The smallest absolute Gasteiger partial charge is 0.196 e. The molecule has 21 heavy (non-hydrogen) atoms. The van der Waals surface area contributed by atoms with Gasteiger partial charge in [0, 0.05) is 10.2 Å². The van der Waals surface area contributed by atoms with Gasteiger partial charge in [0.05, 0.1) is 12.6 Å². The Morgan fingerprint density at radius 1 is 1.19 bits per heavy atom. The van der Waals surface area contributed by atoms with Crippen molar-refractivity contribution in [2.45, 2.75) is 19.9 Å². The molecule has 4 heteroatoms. The minimum absolute atomic E-state index is 0.166. The van der Waals surface area contributed by atoms with Gasteiger partial charge in [-0.2, -0.15) is 0 Å². The monoisotopic (exact) mass is 343 g/mol. The van der Waals surface area contributed by atoms with E-state index < -0.39 is 0 Å². The Labute approximate surface area is 133 Å². The van der Waals surface area contributed by atoms with Gasteiger partial charge in [0.15, 0.2) is 5.96 Å². The molecule has 0 fully saturated rings. The van der Waals surface area contributed by atoms with Crippen molar-refractivity contribution in [3.05, 3.63) is 63.6 Å². The number of halogens is 1. The number of hydrogen-bond acceptors (Lipinski definition) is 3. The third kappa shape index (κ3) is 2.56. The summed E-state index contributed by atoms with van der Waals surface area (Å²) in [4.78, 5) is 6.57. The van der Waals surface area contributed by atoms with Crippen molar-refractivity contribution in [3.63, 3.8) is 0 Å². The summed E-state index contributed by atoms with van der Waals surface area (Å²) in [6.45, 7) is 5.00. The molecule has 3 nitrogen and oxygen atoms in total. The summed E-state index contributed by atoms with van der Waals surface area (Å²) >= 11 is 3.52. The zero-order valence-corrected chi connectivity index (χ0v) is 13.8. The maximum Gasteiger partial charge on any atom is 0.196 e. The SMILES string of the molecule is Cc1cccc(C2CN=C(N)N2c2cccc(Br)c2)c1C. The highest BCUT2D eigenvalue weighted by Crippen LogP contribution is 2.34. The molecule has 0 aliphatic carbocycles. The van der Waals surface area contributed by atoms with Crippen molar-refractivity contribution >= 4 is 27.6 Å². The van der Waals surface area contributed by atoms with Crippen molar-refractivity contribution < 1.29 is 0 Å².